The summed E-state index contributed by atoms with van der Waals surface area (Å²) < 4.78 is 2.54. The second-order valence-corrected chi connectivity index (χ2v) is 8.69. The first kappa shape index (κ1) is 19.2. The Hall–Kier alpha value is -1.57. The molecular formula is C19H26N4OS2. The van der Waals surface area contributed by atoms with E-state index in [9.17, 15) is 4.79 Å². The van der Waals surface area contributed by atoms with Crippen LogP contribution in [0.4, 0.5) is 5.13 Å². The molecule has 0 atom stereocenters. The molecule has 0 unspecified atom stereocenters. The van der Waals surface area contributed by atoms with E-state index in [4.69, 9.17) is 12.2 Å². The van der Waals surface area contributed by atoms with E-state index >= 15 is 0 Å². The SMILES string of the molecule is CCC(=O)N(c1nn(CN(C)Cc2ccc(C)cc2C)c(=S)s1)C1CC1. The highest BCUT2D eigenvalue weighted by Crippen LogP contribution is 2.33. The number of amides is 1. The highest BCUT2D eigenvalue weighted by atomic mass is 32.1. The number of carbonyl (C=O) groups is 1. The van der Waals surface area contributed by atoms with Crippen LogP contribution in [0.25, 0.3) is 0 Å². The predicted octanol–water partition coefficient (Wildman–Crippen LogP) is 4.29. The second-order valence-electron chi connectivity index (χ2n) is 7.08. The molecule has 0 radical (unpaired) electrons. The van der Waals surface area contributed by atoms with Crippen molar-refractivity contribution >= 4 is 34.6 Å². The van der Waals surface area contributed by atoms with Gasteiger partial charge in [-0.2, -0.15) is 0 Å². The number of nitrogens with zero attached hydrogens (tertiary/aromatic N) is 4. The fraction of sp³-hybridized carbons (Fsp3) is 0.526. The Labute approximate surface area is 164 Å². The summed E-state index contributed by atoms with van der Waals surface area (Å²) in [4.78, 5) is 16.3. The van der Waals surface area contributed by atoms with Crippen molar-refractivity contribution in [3.63, 3.8) is 0 Å². The minimum Gasteiger partial charge on any atom is -0.284 e. The van der Waals surface area contributed by atoms with Gasteiger partial charge in [0.15, 0.2) is 3.95 Å². The van der Waals surface area contributed by atoms with E-state index in [1.54, 1.807) is 0 Å². The fourth-order valence-corrected chi connectivity index (χ4v) is 4.22. The third-order valence-corrected chi connectivity index (χ3v) is 5.91. The molecule has 2 aromatic rings. The van der Waals surface area contributed by atoms with Gasteiger partial charge in [-0.25, -0.2) is 4.68 Å². The molecule has 1 amide bonds. The van der Waals surface area contributed by atoms with Gasteiger partial charge in [0, 0.05) is 19.0 Å². The number of hydrogen-bond donors (Lipinski definition) is 0. The molecule has 0 bridgehead atoms. The molecule has 0 aliphatic heterocycles. The van der Waals surface area contributed by atoms with Gasteiger partial charge in [-0.3, -0.25) is 14.6 Å². The summed E-state index contributed by atoms with van der Waals surface area (Å²) >= 11 is 6.94. The molecule has 7 heteroatoms. The molecule has 1 heterocycles. The Morgan fingerprint density at radius 3 is 2.73 bits per heavy atom. The van der Waals surface area contributed by atoms with Crippen molar-refractivity contribution in [3.05, 3.63) is 38.8 Å². The summed E-state index contributed by atoms with van der Waals surface area (Å²) in [7, 11) is 2.07. The summed E-state index contributed by atoms with van der Waals surface area (Å²) in [5, 5.41) is 5.39. The van der Waals surface area contributed by atoms with Crippen molar-refractivity contribution in [2.24, 2.45) is 0 Å². The van der Waals surface area contributed by atoms with Gasteiger partial charge in [0.2, 0.25) is 11.0 Å². The minimum absolute atomic E-state index is 0.132. The van der Waals surface area contributed by atoms with Crippen LogP contribution in [-0.4, -0.2) is 33.7 Å². The van der Waals surface area contributed by atoms with Crippen molar-refractivity contribution in [3.8, 4) is 0 Å². The minimum atomic E-state index is 0.132. The third kappa shape index (κ3) is 4.39. The first-order valence-corrected chi connectivity index (χ1v) is 10.3. The van der Waals surface area contributed by atoms with Crippen LogP contribution in [0.3, 0.4) is 0 Å². The second kappa shape index (κ2) is 7.98. The van der Waals surface area contributed by atoms with Crippen LogP contribution in [0.15, 0.2) is 18.2 Å². The van der Waals surface area contributed by atoms with Gasteiger partial charge in [0.25, 0.3) is 0 Å². The lowest BCUT2D eigenvalue weighted by Crippen LogP contribution is -2.32. The molecule has 3 rings (SSSR count). The number of anilines is 1. The van der Waals surface area contributed by atoms with E-state index in [2.05, 4.69) is 49.1 Å². The van der Waals surface area contributed by atoms with E-state index in [0.717, 1.165) is 24.5 Å². The predicted molar refractivity (Wildman–Crippen MR) is 109 cm³/mol. The molecular weight excluding hydrogens is 364 g/mol. The highest BCUT2D eigenvalue weighted by Gasteiger charge is 2.35. The number of benzene rings is 1. The van der Waals surface area contributed by atoms with Crippen molar-refractivity contribution in [2.75, 3.05) is 11.9 Å². The van der Waals surface area contributed by atoms with Gasteiger partial charge < -0.3 is 0 Å². The largest absolute Gasteiger partial charge is 0.284 e. The third-order valence-electron chi connectivity index (χ3n) is 4.60. The summed E-state index contributed by atoms with van der Waals surface area (Å²) in [6.07, 6.45) is 2.62. The molecule has 1 aromatic carbocycles. The average molecular weight is 391 g/mol. The normalized spacial score (nSPS) is 14.0. The number of carbonyl (C=O) groups excluding carboxylic acids is 1. The van der Waals surface area contributed by atoms with Gasteiger partial charge in [0.05, 0.1) is 6.67 Å². The number of hydrogen-bond acceptors (Lipinski definition) is 5. The van der Waals surface area contributed by atoms with Crippen LogP contribution in [0, 0.1) is 17.8 Å². The van der Waals surface area contributed by atoms with Gasteiger partial charge in [-0.05, 0) is 57.1 Å². The lowest BCUT2D eigenvalue weighted by molar-refractivity contribution is -0.118. The molecule has 26 heavy (non-hydrogen) atoms. The molecule has 140 valence electrons. The molecule has 1 aliphatic rings. The topological polar surface area (TPSA) is 41.4 Å². The first-order valence-electron chi connectivity index (χ1n) is 9.03. The van der Waals surface area contributed by atoms with Crippen molar-refractivity contribution in [2.45, 2.75) is 59.3 Å². The number of aryl methyl sites for hydroxylation is 2. The van der Waals surface area contributed by atoms with E-state index < -0.39 is 0 Å². The zero-order valence-electron chi connectivity index (χ0n) is 15.9. The Bertz CT molecular complexity index is 853. The zero-order chi connectivity index (χ0) is 18.8. The van der Waals surface area contributed by atoms with E-state index in [1.165, 1.54) is 28.0 Å². The Balaban J connectivity index is 1.72. The summed E-state index contributed by atoms with van der Waals surface area (Å²) in [5.74, 6) is 0.132. The standard InChI is InChI=1S/C19H26N4OS2/c1-5-17(24)23(16-8-9-16)18-20-22(19(25)26-18)12-21(4)11-15-7-6-13(2)10-14(15)3/h6-7,10,16H,5,8-9,11-12H2,1-4H3. The zero-order valence-corrected chi connectivity index (χ0v) is 17.5. The van der Waals surface area contributed by atoms with Gasteiger partial charge in [0.1, 0.15) is 0 Å². The highest BCUT2D eigenvalue weighted by molar-refractivity contribution is 7.73. The van der Waals surface area contributed by atoms with Gasteiger partial charge >= 0.3 is 0 Å². The fourth-order valence-electron chi connectivity index (χ4n) is 3.04. The number of rotatable bonds is 7. The maximum atomic E-state index is 12.3. The molecule has 1 aliphatic carbocycles. The van der Waals surface area contributed by atoms with Crippen molar-refractivity contribution in [1.82, 2.24) is 14.7 Å². The van der Waals surface area contributed by atoms with Crippen LogP contribution in [-0.2, 0) is 18.0 Å². The first-order chi connectivity index (χ1) is 12.4. The number of aromatic nitrogens is 2. The molecule has 1 saturated carbocycles. The molecule has 0 N–H and O–H groups in total. The van der Waals surface area contributed by atoms with Gasteiger partial charge in [-0.1, -0.05) is 42.0 Å². The monoisotopic (exact) mass is 390 g/mol. The molecule has 5 nitrogen and oxygen atoms in total. The smallest absolute Gasteiger partial charge is 0.228 e. The Kier molecular flexibility index (Phi) is 5.89. The summed E-state index contributed by atoms with van der Waals surface area (Å²) in [6.45, 7) is 7.60. The molecule has 1 fully saturated rings. The van der Waals surface area contributed by atoms with Crippen molar-refractivity contribution < 1.29 is 4.79 Å². The van der Waals surface area contributed by atoms with E-state index in [1.807, 2.05) is 16.5 Å². The van der Waals surface area contributed by atoms with Crippen LogP contribution in [0.5, 0.6) is 0 Å². The van der Waals surface area contributed by atoms with Crippen molar-refractivity contribution in [1.29, 1.82) is 0 Å². The summed E-state index contributed by atoms with van der Waals surface area (Å²) in [5.41, 5.74) is 3.88. The quantitative estimate of drug-likeness (QED) is 0.662. The Morgan fingerprint density at radius 1 is 1.38 bits per heavy atom. The molecule has 0 saturated heterocycles. The average Bonchev–Trinajstić information content (AvgIpc) is 3.35. The maximum absolute atomic E-state index is 12.3. The van der Waals surface area contributed by atoms with Gasteiger partial charge in [-0.15, -0.1) is 5.10 Å². The maximum Gasteiger partial charge on any atom is 0.228 e. The van der Waals surface area contributed by atoms with Crippen LogP contribution >= 0.6 is 23.6 Å². The van der Waals surface area contributed by atoms with Crippen LogP contribution < -0.4 is 4.90 Å². The van der Waals surface area contributed by atoms with E-state index in [-0.39, 0.29) is 5.91 Å². The van der Waals surface area contributed by atoms with Crippen LogP contribution in [0.1, 0.15) is 42.9 Å². The Morgan fingerprint density at radius 2 is 2.12 bits per heavy atom. The molecule has 0 spiro atoms. The summed E-state index contributed by atoms with van der Waals surface area (Å²) in [6, 6.07) is 6.85. The van der Waals surface area contributed by atoms with E-state index in [0.29, 0.717) is 23.1 Å². The van der Waals surface area contributed by atoms with Crippen LogP contribution in [0.2, 0.25) is 0 Å². The lowest BCUT2D eigenvalue weighted by atomic mass is 10.1. The lowest BCUT2D eigenvalue weighted by Gasteiger charge is -2.19. The molecule has 1 aromatic heterocycles.